The minimum atomic E-state index is -0.676. The third-order valence-corrected chi connectivity index (χ3v) is 4.73. The van der Waals surface area contributed by atoms with Crippen molar-refractivity contribution in [2.24, 2.45) is 5.10 Å². The summed E-state index contributed by atoms with van der Waals surface area (Å²) in [4.78, 5) is 22.9. The molecule has 10 heteroatoms. The molecule has 3 aromatic rings. The van der Waals surface area contributed by atoms with Crippen LogP contribution in [-0.2, 0) is 6.61 Å². The van der Waals surface area contributed by atoms with Crippen LogP contribution in [0.25, 0.3) is 0 Å². The first-order chi connectivity index (χ1) is 15.4. The van der Waals surface area contributed by atoms with Gasteiger partial charge in [-0.25, -0.2) is 5.43 Å². The summed E-state index contributed by atoms with van der Waals surface area (Å²) < 4.78 is 10.9. The number of benzene rings is 3. The number of halogens is 2. The summed E-state index contributed by atoms with van der Waals surface area (Å²) in [7, 11) is 1.36. The highest BCUT2D eigenvalue weighted by Gasteiger charge is 2.17. The number of hydrogen-bond acceptors (Lipinski definition) is 6. The maximum absolute atomic E-state index is 12.5. The van der Waals surface area contributed by atoms with E-state index in [0.717, 1.165) is 11.6 Å². The zero-order valence-electron chi connectivity index (χ0n) is 16.7. The average Bonchev–Trinajstić information content (AvgIpc) is 2.78. The Kier molecular flexibility index (Phi) is 7.64. The number of nitro groups is 1. The topological polar surface area (TPSA) is 103 Å². The molecule has 0 atom stereocenters. The molecule has 0 aliphatic carbocycles. The predicted molar refractivity (Wildman–Crippen MR) is 122 cm³/mol. The van der Waals surface area contributed by atoms with Crippen molar-refractivity contribution in [2.75, 3.05) is 7.11 Å². The summed E-state index contributed by atoms with van der Waals surface area (Å²) in [5, 5.41) is 16.0. The van der Waals surface area contributed by atoms with Crippen LogP contribution < -0.4 is 14.9 Å². The lowest BCUT2D eigenvalue weighted by molar-refractivity contribution is -0.384. The van der Waals surface area contributed by atoms with Gasteiger partial charge in [0.05, 0.1) is 23.8 Å². The van der Waals surface area contributed by atoms with Crippen molar-refractivity contribution >= 4 is 41.0 Å². The molecule has 0 aliphatic rings. The molecule has 32 heavy (non-hydrogen) atoms. The second-order valence-corrected chi connectivity index (χ2v) is 7.31. The molecule has 1 amide bonds. The average molecular weight is 474 g/mol. The Labute approximate surface area is 193 Å². The number of carbonyl (C=O) groups excluding carboxylic acids is 1. The fraction of sp³-hybridized carbons (Fsp3) is 0.0909. The largest absolute Gasteiger partial charge is 0.496 e. The van der Waals surface area contributed by atoms with Gasteiger partial charge in [0.1, 0.15) is 18.1 Å². The number of nitrogens with zero attached hydrogens (tertiary/aromatic N) is 2. The summed E-state index contributed by atoms with van der Waals surface area (Å²) in [5.74, 6) is -0.0119. The van der Waals surface area contributed by atoms with E-state index in [2.05, 4.69) is 10.5 Å². The molecule has 0 aliphatic heterocycles. The number of non-ortho nitro benzene ring substituents is 1. The van der Waals surface area contributed by atoms with Gasteiger partial charge in [-0.1, -0.05) is 35.3 Å². The smallest absolute Gasteiger partial charge is 0.275 e. The van der Waals surface area contributed by atoms with E-state index in [1.807, 2.05) is 12.1 Å². The van der Waals surface area contributed by atoms with Gasteiger partial charge in [-0.2, -0.15) is 5.10 Å². The molecule has 0 fully saturated rings. The minimum Gasteiger partial charge on any atom is -0.496 e. The van der Waals surface area contributed by atoms with Crippen molar-refractivity contribution in [2.45, 2.75) is 6.61 Å². The standard InChI is InChI=1S/C22H17Cl2N3O5/c1-31-21-8-6-18(27(29)30)11-19(21)22(28)26-25-12-15-10-17(24)5-7-20(15)32-13-14-3-2-4-16(23)9-14/h2-12H,13H2,1H3,(H,26,28)/b25-12-. The van der Waals surface area contributed by atoms with Gasteiger partial charge in [-0.3, -0.25) is 14.9 Å². The molecule has 1 N–H and O–H groups in total. The zero-order chi connectivity index (χ0) is 23.1. The maximum atomic E-state index is 12.5. The van der Waals surface area contributed by atoms with Gasteiger partial charge in [0.2, 0.25) is 0 Å². The number of rotatable bonds is 8. The Morgan fingerprint density at radius 1 is 1.09 bits per heavy atom. The second-order valence-electron chi connectivity index (χ2n) is 6.44. The van der Waals surface area contributed by atoms with Gasteiger partial charge in [-0.05, 0) is 42.0 Å². The van der Waals surface area contributed by atoms with Gasteiger partial charge in [0.15, 0.2) is 0 Å². The quantitative estimate of drug-likeness (QED) is 0.273. The predicted octanol–water partition coefficient (Wildman–Crippen LogP) is 5.25. The number of nitrogens with one attached hydrogen (secondary N) is 1. The second kappa shape index (κ2) is 10.6. The Morgan fingerprint density at radius 2 is 1.84 bits per heavy atom. The van der Waals surface area contributed by atoms with E-state index in [1.165, 1.54) is 25.5 Å². The Bertz CT molecular complexity index is 1180. The van der Waals surface area contributed by atoms with E-state index in [-0.39, 0.29) is 23.6 Å². The van der Waals surface area contributed by atoms with Crippen LogP contribution in [0.1, 0.15) is 21.5 Å². The highest BCUT2D eigenvalue weighted by molar-refractivity contribution is 6.31. The third-order valence-electron chi connectivity index (χ3n) is 4.26. The monoisotopic (exact) mass is 473 g/mol. The summed E-state index contributed by atoms with van der Waals surface area (Å²) in [5.41, 5.74) is 3.45. The number of methoxy groups -OCH3 is 1. The van der Waals surface area contributed by atoms with Gasteiger partial charge < -0.3 is 9.47 Å². The lowest BCUT2D eigenvalue weighted by Crippen LogP contribution is -2.18. The molecule has 0 aromatic heterocycles. The highest BCUT2D eigenvalue weighted by atomic mass is 35.5. The lowest BCUT2D eigenvalue weighted by atomic mass is 10.1. The molecule has 0 unspecified atom stereocenters. The summed E-state index contributed by atoms with van der Waals surface area (Å²) in [6.45, 7) is 0.264. The molecule has 0 radical (unpaired) electrons. The summed E-state index contributed by atoms with van der Waals surface area (Å²) in [6.07, 6.45) is 1.36. The van der Waals surface area contributed by atoms with E-state index in [1.54, 1.807) is 30.3 Å². The molecule has 0 spiro atoms. The Hall–Kier alpha value is -3.62. The summed E-state index contributed by atoms with van der Waals surface area (Å²) >= 11 is 12.1. The molecule has 3 rings (SSSR count). The molecule has 164 valence electrons. The number of hydrogen-bond donors (Lipinski definition) is 1. The van der Waals surface area contributed by atoms with E-state index < -0.39 is 10.8 Å². The van der Waals surface area contributed by atoms with Crippen LogP contribution in [0, 0.1) is 10.1 Å². The molecule has 0 bridgehead atoms. The van der Waals surface area contributed by atoms with Gasteiger partial charge in [0, 0.05) is 27.7 Å². The molecule has 0 saturated carbocycles. The SMILES string of the molecule is COc1ccc([N+](=O)[O-])cc1C(=O)N/N=C\c1cc(Cl)ccc1OCc1cccc(Cl)c1. The number of nitro benzene ring substituents is 1. The van der Waals surface area contributed by atoms with Crippen LogP contribution in [0.3, 0.4) is 0 Å². The van der Waals surface area contributed by atoms with Crippen LogP contribution in [0.5, 0.6) is 11.5 Å². The van der Waals surface area contributed by atoms with Gasteiger partial charge >= 0.3 is 0 Å². The minimum absolute atomic E-state index is 0.0256. The molecule has 8 nitrogen and oxygen atoms in total. The van der Waals surface area contributed by atoms with E-state index in [9.17, 15) is 14.9 Å². The lowest BCUT2D eigenvalue weighted by Gasteiger charge is -2.10. The van der Waals surface area contributed by atoms with Crippen LogP contribution >= 0.6 is 23.2 Å². The fourth-order valence-corrected chi connectivity index (χ4v) is 3.14. The molecule has 0 saturated heterocycles. The zero-order valence-corrected chi connectivity index (χ0v) is 18.3. The van der Waals surface area contributed by atoms with Crippen molar-refractivity contribution in [1.29, 1.82) is 0 Å². The molecule has 3 aromatic carbocycles. The molecule has 0 heterocycles. The first kappa shape index (κ1) is 23.1. The van der Waals surface area contributed by atoms with E-state index in [0.29, 0.717) is 21.4 Å². The fourth-order valence-electron chi connectivity index (χ4n) is 2.75. The van der Waals surface area contributed by atoms with Gasteiger partial charge in [0.25, 0.3) is 11.6 Å². The number of hydrazone groups is 1. The van der Waals surface area contributed by atoms with Crippen molar-refractivity contribution in [3.63, 3.8) is 0 Å². The van der Waals surface area contributed by atoms with Crippen LogP contribution in [0.15, 0.2) is 65.8 Å². The van der Waals surface area contributed by atoms with Crippen molar-refractivity contribution in [3.05, 3.63) is 97.5 Å². The molecular weight excluding hydrogens is 457 g/mol. The Balaban J connectivity index is 1.75. The summed E-state index contributed by atoms with van der Waals surface area (Å²) in [6, 6.07) is 15.9. The number of ether oxygens (including phenoxy) is 2. The van der Waals surface area contributed by atoms with Crippen molar-refractivity contribution < 1.29 is 19.2 Å². The van der Waals surface area contributed by atoms with Crippen LogP contribution in [0.4, 0.5) is 5.69 Å². The maximum Gasteiger partial charge on any atom is 0.275 e. The Morgan fingerprint density at radius 3 is 2.56 bits per heavy atom. The van der Waals surface area contributed by atoms with E-state index >= 15 is 0 Å². The van der Waals surface area contributed by atoms with E-state index in [4.69, 9.17) is 32.7 Å². The number of amides is 1. The normalized spacial score (nSPS) is 10.7. The third kappa shape index (κ3) is 5.96. The van der Waals surface area contributed by atoms with Crippen LogP contribution in [-0.4, -0.2) is 24.2 Å². The first-order valence-electron chi connectivity index (χ1n) is 9.20. The van der Waals surface area contributed by atoms with Crippen molar-refractivity contribution in [1.82, 2.24) is 5.43 Å². The first-order valence-corrected chi connectivity index (χ1v) is 9.95. The number of carbonyl (C=O) groups is 1. The highest BCUT2D eigenvalue weighted by Crippen LogP contribution is 2.25. The molecular formula is C22H17Cl2N3O5. The van der Waals surface area contributed by atoms with Crippen molar-refractivity contribution in [3.8, 4) is 11.5 Å². The van der Waals surface area contributed by atoms with Crippen LogP contribution in [0.2, 0.25) is 10.0 Å². The van der Waals surface area contributed by atoms with Gasteiger partial charge in [-0.15, -0.1) is 0 Å².